The molecule has 0 bridgehead atoms. The molecule has 2 atom stereocenters. The normalized spacial score (nSPS) is 27.3. The quantitative estimate of drug-likeness (QED) is 0.780. The Kier molecular flexibility index (Phi) is 6.58. The van der Waals surface area contributed by atoms with Crippen LogP contribution in [0, 0.1) is 5.92 Å². The molecule has 2 N–H and O–H groups in total. The molecule has 0 saturated carbocycles. The lowest BCUT2D eigenvalue weighted by molar-refractivity contribution is -0.145. The largest absolute Gasteiger partial charge is 0.357 e. The van der Waals surface area contributed by atoms with E-state index in [0.717, 1.165) is 51.7 Å². The van der Waals surface area contributed by atoms with Gasteiger partial charge in [-0.25, -0.2) is 0 Å². The Labute approximate surface area is 120 Å². The van der Waals surface area contributed by atoms with Gasteiger partial charge in [0.25, 0.3) is 0 Å². The molecule has 6 heteroatoms. The number of halogens is 1. The van der Waals surface area contributed by atoms with Crippen molar-refractivity contribution in [3.63, 3.8) is 0 Å². The number of piperidine rings is 2. The van der Waals surface area contributed by atoms with E-state index in [-0.39, 0.29) is 36.2 Å². The van der Waals surface area contributed by atoms with E-state index in [1.54, 1.807) is 11.9 Å². The van der Waals surface area contributed by atoms with E-state index in [9.17, 15) is 9.59 Å². The zero-order valence-corrected chi connectivity index (χ0v) is 12.3. The van der Waals surface area contributed by atoms with Crippen molar-refractivity contribution >= 4 is 24.2 Å². The van der Waals surface area contributed by atoms with Crippen LogP contribution in [0.2, 0.25) is 0 Å². The van der Waals surface area contributed by atoms with Crippen molar-refractivity contribution in [2.45, 2.75) is 38.1 Å². The Morgan fingerprint density at radius 3 is 2.63 bits per heavy atom. The second-order valence-corrected chi connectivity index (χ2v) is 5.20. The summed E-state index contributed by atoms with van der Waals surface area (Å²) in [6, 6.07) is -0.252. The third-order valence-corrected chi connectivity index (χ3v) is 3.98. The third kappa shape index (κ3) is 3.83. The van der Waals surface area contributed by atoms with Crippen LogP contribution in [0.3, 0.4) is 0 Å². The summed E-state index contributed by atoms with van der Waals surface area (Å²) in [4.78, 5) is 26.1. The predicted molar refractivity (Wildman–Crippen MR) is 76.3 cm³/mol. The first kappa shape index (κ1) is 16.2. The Morgan fingerprint density at radius 2 is 2.00 bits per heavy atom. The first-order chi connectivity index (χ1) is 8.74. The van der Waals surface area contributed by atoms with Crippen molar-refractivity contribution in [2.24, 2.45) is 5.92 Å². The van der Waals surface area contributed by atoms with E-state index in [1.165, 1.54) is 0 Å². The second kappa shape index (κ2) is 7.70. The molecule has 110 valence electrons. The maximum Gasteiger partial charge on any atom is 0.242 e. The molecule has 0 aromatic carbocycles. The fourth-order valence-electron chi connectivity index (χ4n) is 2.93. The summed E-state index contributed by atoms with van der Waals surface area (Å²) in [5, 5.41) is 5.94. The minimum Gasteiger partial charge on any atom is -0.357 e. The molecule has 0 aromatic rings. The molecular weight excluding hydrogens is 266 g/mol. The number of carbonyl (C=O) groups is 2. The van der Waals surface area contributed by atoms with Crippen LogP contribution in [0.25, 0.3) is 0 Å². The Hall–Kier alpha value is -0.810. The number of hydrogen-bond acceptors (Lipinski definition) is 3. The summed E-state index contributed by atoms with van der Waals surface area (Å²) in [5.41, 5.74) is 0. The second-order valence-electron chi connectivity index (χ2n) is 5.20. The molecule has 1 unspecified atom stereocenters. The molecule has 2 heterocycles. The van der Waals surface area contributed by atoms with Gasteiger partial charge in [0.1, 0.15) is 6.04 Å². The van der Waals surface area contributed by atoms with Crippen LogP contribution in [-0.2, 0) is 9.59 Å². The lowest BCUT2D eigenvalue weighted by Gasteiger charge is -2.37. The fourth-order valence-corrected chi connectivity index (χ4v) is 2.93. The smallest absolute Gasteiger partial charge is 0.242 e. The van der Waals surface area contributed by atoms with Crippen LogP contribution in [0.15, 0.2) is 0 Å². The van der Waals surface area contributed by atoms with Crippen LogP contribution in [0.4, 0.5) is 0 Å². The monoisotopic (exact) mass is 289 g/mol. The Bertz CT molecular complexity index is 319. The number of nitrogens with one attached hydrogen (secondary N) is 2. The van der Waals surface area contributed by atoms with Crippen LogP contribution in [0.5, 0.6) is 0 Å². The van der Waals surface area contributed by atoms with Crippen molar-refractivity contribution in [3.8, 4) is 0 Å². The van der Waals surface area contributed by atoms with Gasteiger partial charge in [-0.1, -0.05) is 0 Å². The molecule has 2 amide bonds. The lowest BCUT2D eigenvalue weighted by atomic mass is 9.94. The first-order valence-corrected chi connectivity index (χ1v) is 6.97. The van der Waals surface area contributed by atoms with E-state index >= 15 is 0 Å². The molecule has 0 aliphatic carbocycles. The number of rotatable bonds is 2. The third-order valence-electron chi connectivity index (χ3n) is 3.98. The first-order valence-electron chi connectivity index (χ1n) is 6.97. The van der Waals surface area contributed by atoms with Gasteiger partial charge in [-0.05, 0) is 38.6 Å². The molecule has 2 saturated heterocycles. The summed E-state index contributed by atoms with van der Waals surface area (Å²) in [6.45, 7) is 2.49. The molecule has 2 aliphatic rings. The van der Waals surface area contributed by atoms with Crippen LogP contribution < -0.4 is 10.6 Å². The van der Waals surface area contributed by atoms with Crippen LogP contribution in [-0.4, -0.2) is 49.4 Å². The highest BCUT2D eigenvalue weighted by Gasteiger charge is 2.35. The van der Waals surface area contributed by atoms with E-state index in [2.05, 4.69) is 10.6 Å². The van der Waals surface area contributed by atoms with Gasteiger partial charge in [0, 0.05) is 20.1 Å². The summed E-state index contributed by atoms with van der Waals surface area (Å²) >= 11 is 0. The van der Waals surface area contributed by atoms with Gasteiger partial charge in [-0.3, -0.25) is 9.59 Å². The molecule has 2 aliphatic heterocycles. The van der Waals surface area contributed by atoms with E-state index in [0.29, 0.717) is 0 Å². The molecular formula is C13H24ClN3O2. The minimum atomic E-state index is -0.252. The summed E-state index contributed by atoms with van der Waals surface area (Å²) in [5.74, 6) is 0.200. The molecule has 0 radical (unpaired) electrons. The number of likely N-dealkylation sites (tertiary alicyclic amines) is 1. The standard InChI is InChI=1S/C13H23N3O2.ClH/c1-14-12(17)11-6-2-3-8-16(11)13(18)10-5-4-7-15-9-10;/h10-11,15H,2-9H2,1H3,(H,14,17);1H/t10-,11?;/m1./s1. The van der Waals surface area contributed by atoms with Crippen molar-refractivity contribution < 1.29 is 9.59 Å². The van der Waals surface area contributed by atoms with Gasteiger partial charge < -0.3 is 15.5 Å². The van der Waals surface area contributed by atoms with Gasteiger partial charge in [0.05, 0.1) is 5.92 Å². The zero-order valence-electron chi connectivity index (χ0n) is 11.5. The number of amides is 2. The van der Waals surface area contributed by atoms with Crippen molar-refractivity contribution in [2.75, 3.05) is 26.7 Å². The fraction of sp³-hybridized carbons (Fsp3) is 0.846. The SMILES string of the molecule is CNC(=O)C1CCCCN1C(=O)[C@@H]1CCCNC1.Cl. The molecule has 19 heavy (non-hydrogen) atoms. The number of likely N-dealkylation sites (N-methyl/N-ethyl adjacent to an activating group) is 1. The Balaban J connectivity index is 0.00000180. The summed E-state index contributed by atoms with van der Waals surface area (Å²) in [7, 11) is 1.64. The minimum absolute atomic E-state index is 0. The van der Waals surface area contributed by atoms with Crippen molar-refractivity contribution in [1.82, 2.24) is 15.5 Å². The Morgan fingerprint density at radius 1 is 1.21 bits per heavy atom. The average Bonchev–Trinajstić information content (AvgIpc) is 2.46. The summed E-state index contributed by atoms with van der Waals surface area (Å²) in [6.07, 6.45) is 4.84. The summed E-state index contributed by atoms with van der Waals surface area (Å²) < 4.78 is 0. The van der Waals surface area contributed by atoms with Crippen molar-refractivity contribution in [1.29, 1.82) is 0 Å². The van der Waals surface area contributed by atoms with Gasteiger partial charge >= 0.3 is 0 Å². The van der Waals surface area contributed by atoms with Gasteiger partial charge in [-0.15, -0.1) is 12.4 Å². The predicted octanol–water partition coefficient (Wildman–Crippen LogP) is 0.535. The van der Waals surface area contributed by atoms with E-state index < -0.39 is 0 Å². The molecule has 2 rings (SSSR count). The van der Waals surface area contributed by atoms with Crippen LogP contribution >= 0.6 is 12.4 Å². The molecule has 0 spiro atoms. The van der Waals surface area contributed by atoms with Gasteiger partial charge in [0.2, 0.25) is 11.8 Å². The zero-order chi connectivity index (χ0) is 13.0. The highest BCUT2D eigenvalue weighted by atomic mass is 35.5. The van der Waals surface area contributed by atoms with Crippen molar-refractivity contribution in [3.05, 3.63) is 0 Å². The molecule has 2 fully saturated rings. The van der Waals surface area contributed by atoms with Gasteiger partial charge in [-0.2, -0.15) is 0 Å². The number of nitrogens with zero attached hydrogens (tertiary/aromatic N) is 1. The maximum atomic E-state index is 12.5. The van der Waals surface area contributed by atoms with Gasteiger partial charge in [0.15, 0.2) is 0 Å². The lowest BCUT2D eigenvalue weighted by Crippen LogP contribution is -2.54. The van der Waals surface area contributed by atoms with Crippen LogP contribution in [0.1, 0.15) is 32.1 Å². The average molecular weight is 290 g/mol. The molecule has 0 aromatic heterocycles. The highest BCUT2D eigenvalue weighted by Crippen LogP contribution is 2.22. The highest BCUT2D eigenvalue weighted by molar-refractivity contribution is 5.88. The van der Waals surface area contributed by atoms with E-state index in [1.807, 2.05) is 0 Å². The molecule has 5 nitrogen and oxygen atoms in total. The van der Waals surface area contributed by atoms with E-state index in [4.69, 9.17) is 0 Å². The maximum absolute atomic E-state index is 12.5. The topological polar surface area (TPSA) is 61.4 Å². The number of hydrogen-bond donors (Lipinski definition) is 2. The number of carbonyl (C=O) groups excluding carboxylic acids is 2.